The lowest BCUT2D eigenvalue weighted by molar-refractivity contribution is -0.165. The van der Waals surface area contributed by atoms with E-state index in [1.54, 1.807) is 6.07 Å². The number of rotatable bonds is 2. The molecule has 0 heterocycles. The molecule has 0 fully saturated rings. The highest BCUT2D eigenvalue weighted by atomic mass is 19.4. The Kier molecular flexibility index (Phi) is 2.86. The smallest absolute Gasteiger partial charge is 0.311 e. The van der Waals surface area contributed by atoms with E-state index in [4.69, 9.17) is 5.73 Å². The van der Waals surface area contributed by atoms with Gasteiger partial charge in [0.05, 0.1) is 0 Å². The molecule has 0 aliphatic carbocycles. The van der Waals surface area contributed by atoms with Gasteiger partial charge in [-0.3, -0.25) is 4.79 Å². The lowest BCUT2D eigenvalue weighted by atomic mass is 9.92. The van der Waals surface area contributed by atoms with Crippen LogP contribution < -0.4 is 5.73 Å². The minimum Gasteiger partial charge on any atom is -0.311 e. The van der Waals surface area contributed by atoms with Gasteiger partial charge >= 0.3 is 6.18 Å². The van der Waals surface area contributed by atoms with Crippen LogP contribution in [0.1, 0.15) is 17.3 Å². The van der Waals surface area contributed by atoms with Crippen LogP contribution in [0.5, 0.6) is 0 Å². The molecule has 1 unspecified atom stereocenters. The van der Waals surface area contributed by atoms with E-state index in [9.17, 15) is 18.0 Å². The van der Waals surface area contributed by atoms with Gasteiger partial charge in [0, 0.05) is 5.56 Å². The first-order valence-electron chi connectivity index (χ1n) is 4.22. The maximum Gasteiger partial charge on any atom is 0.413 e. The van der Waals surface area contributed by atoms with Crippen molar-refractivity contribution in [3.8, 4) is 0 Å². The summed E-state index contributed by atoms with van der Waals surface area (Å²) in [6, 6.07) is 7.19. The van der Waals surface area contributed by atoms with Crippen molar-refractivity contribution in [2.45, 2.75) is 18.6 Å². The number of nitrogens with two attached hydrogens (primary N) is 1. The summed E-state index contributed by atoms with van der Waals surface area (Å²) in [6.07, 6.45) is -4.75. The van der Waals surface area contributed by atoms with E-state index in [1.807, 2.05) is 0 Å². The van der Waals surface area contributed by atoms with Gasteiger partial charge in [-0.1, -0.05) is 30.3 Å². The van der Waals surface area contributed by atoms with Crippen molar-refractivity contribution in [1.29, 1.82) is 0 Å². The summed E-state index contributed by atoms with van der Waals surface area (Å²) >= 11 is 0. The van der Waals surface area contributed by atoms with Crippen molar-refractivity contribution >= 4 is 5.78 Å². The van der Waals surface area contributed by atoms with Crippen LogP contribution in [0.3, 0.4) is 0 Å². The number of hydrogen-bond donors (Lipinski definition) is 1. The zero-order valence-electron chi connectivity index (χ0n) is 8.01. The third-order valence-corrected chi connectivity index (χ3v) is 2.10. The predicted molar refractivity (Wildman–Crippen MR) is 49.4 cm³/mol. The van der Waals surface area contributed by atoms with Crippen molar-refractivity contribution in [1.82, 2.24) is 0 Å². The van der Waals surface area contributed by atoms with Crippen LogP contribution in [0.2, 0.25) is 0 Å². The number of ketones is 1. The summed E-state index contributed by atoms with van der Waals surface area (Å²) in [5.74, 6) is -1.13. The highest BCUT2D eigenvalue weighted by Crippen LogP contribution is 2.30. The van der Waals surface area contributed by atoms with Crippen molar-refractivity contribution in [2.24, 2.45) is 5.73 Å². The van der Waals surface area contributed by atoms with Crippen LogP contribution in [-0.4, -0.2) is 17.5 Å². The average molecular weight is 217 g/mol. The van der Waals surface area contributed by atoms with Gasteiger partial charge in [0.15, 0.2) is 11.3 Å². The Bertz CT molecular complexity index is 357. The Morgan fingerprint density at radius 1 is 1.20 bits per heavy atom. The molecule has 0 amide bonds. The van der Waals surface area contributed by atoms with Crippen LogP contribution in [0.15, 0.2) is 30.3 Å². The molecule has 1 rings (SSSR count). The summed E-state index contributed by atoms with van der Waals surface area (Å²) in [5, 5.41) is 0. The van der Waals surface area contributed by atoms with Crippen LogP contribution in [0, 0.1) is 0 Å². The van der Waals surface area contributed by atoms with Gasteiger partial charge in [-0.05, 0) is 6.92 Å². The van der Waals surface area contributed by atoms with Gasteiger partial charge in [0.1, 0.15) is 0 Å². The largest absolute Gasteiger partial charge is 0.413 e. The second-order valence-corrected chi connectivity index (χ2v) is 3.40. The first-order valence-corrected chi connectivity index (χ1v) is 4.22. The van der Waals surface area contributed by atoms with E-state index >= 15 is 0 Å². The molecule has 0 aromatic heterocycles. The quantitative estimate of drug-likeness (QED) is 0.771. The molecule has 1 aromatic rings. The Morgan fingerprint density at radius 3 is 2.07 bits per heavy atom. The number of alkyl halides is 3. The number of carbonyl (C=O) groups excluding carboxylic acids is 1. The van der Waals surface area contributed by atoms with Crippen molar-refractivity contribution < 1.29 is 18.0 Å². The molecule has 0 bridgehead atoms. The van der Waals surface area contributed by atoms with Gasteiger partial charge in [0.2, 0.25) is 0 Å². The molecule has 0 saturated heterocycles. The Hall–Kier alpha value is -1.36. The Labute approximate surface area is 84.9 Å². The third-order valence-electron chi connectivity index (χ3n) is 2.10. The van der Waals surface area contributed by atoms with E-state index < -0.39 is 17.5 Å². The van der Waals surface area contributed by atoms with E-state index in [0.29, 0.717) is 6.92 Å². The molecule has 1 atom stereocenters. The SMILES string of the molecule is CC(N)(C(=O)c1ccccc1)C(F)(F)F. The molecule has 1 aromatic carbocycles. The van der Waals surface area contributed by atoms with Crippen molar-refractivity contribution in [2.75, 3.05) is 0 Å². The minimum absolute atomic E-state index is 0.0418. The van der Waals surface area contributed by atoms with Gasteiger partial charge in [-0.25, -0.2) is 0 Å². The first-order chi connectivity index (χ1) is 6.77. The van der Waals surface area contributed by atoms with Gasteiger partial charge in [-0.2, -0.15) is 13.2 Å². The fourth-order valence-electron chi connectivity index (χ4n) is 1.02. The van der Waals surface area contributed by atoms with E-state index in [1.165, 1.54) is 24.3 Å². The molecular weight excluding hydrogens is 207 g/mol. The second kappa shape index (κ2) is 3.66. The number of carbonyl (C=O) groups is 1. The van der Waals surface area contributed by atoms with E-state index in [2.05, 4.69) is 0 Å². The highest BCUT2D eigenvalue weighted by molar-refractivity contribution is 6.03. The van der Waals surface area contributed by atoms with E-state index in [0.717, 1.165) is 0 Å². The zero-order chi connectivity index (χ0) is 11.7. The van der Waals surface area contributed by atoms with Crippen molar-refractivity contribution in [3.63, 3.8) is 0 Å². The van der Waals surface area contributed by atoms with Crippen LogP contribution in [0.25, 0.3) is 0 Å². The molecule has 0 aliphatic rings. The molecule has 0 spiro atoms. The average Bonchev–Trinajstić information content (AvgIpc) is 2.16. The number of halogens is 3. The molecule has 0 saturated carbocycles. The lowest BCUT2D eigenvalue weighted by Crippen LogP contribution is -2.57. The minimum atomic E-state index is -4.75. The summed E-state index contributed by atoms with van der Waals surface area (Å²) in [5.41, 5.74) is 2.11. The Morgan fingerprint density at radius 2 is 1.67 bits per heavy atom. The van der Waals surface area contributed by atoms with Crippen LogP contribution in [-0.2, 0) is 0 Å². The molecule has 2 N–H and O–H groups in total. The van der Waals surface area contributed by atoms with Crippen molar-refractivity contribution in [3.05, 3.63) is 35.9 Å². The van der Waals surface area contributed by atoms with E-state index in [-0.39, 0.29) is 5.56 Å². The fraction of sp³-hybridized carbons (Fsp3) is 0.300. The maximum atomic E-state index is 12.4. The second-order valence-electron chi connectivity index (χ2n) is 3.40. The molecule has 82 valence electrons. The number of Topliss-reactive ketones (excluding diaryl/α,β-unsaturated/α-hetero) is 1. The fourth-order valence-corrected chi connectivity index (χ4v) is 1.02. The number of hydrogen-bond acceptors (Lipinski definition) is 2. The Balaban J connectivity index is 3.06. The number of benzene rings is 1. The van der Waals surface area contributed by atoms with Crippen LogP contribution in [0.4, 0.5) is 13.2 Å². The molecule has 15 heavy (non-hydrogen) atoms. The molecule has 2 nitrogen and oxygen atoms in total. The maximum absolute atomic E-state index is 12.4. The third kappa shape index (κ3) is 2.18. The summed E-state index contributed by atoms with van der Waals surface area (Å²) < 4.78 is 37.3. The van der Waals surface area contributed by atoms with Gasteiger partial charge in [-0.15, -0.1) is 0 Å². The normalized spacial score (nSPS) is 15.8. The zero-order valence-corrected chi connectivity index (χ0v) is 8.01. The highest BCUT2D eigenvalue weighted by Gasteiger charge is 2.53. The lowest BCUT2D eigenvalue weighted by Gasteiger charge is -2.25. The van der Waals surface area contributed by atoms with Crippen LogP contribution >= 0.6 is 0 Å². The standard InChI is InChI=1S/C10H10F3NO/c1-9(14,10(11,12)13)8(15)7-5-3-2-4-6-7/h2-6H,14H2,1H3. The first kappa shape index (κ1) is 11.7. The topological polar surface area (TPSA) is 43.1 Å². The summed E-state index contributed by atoms with van der Waals surface area (Å²) in [7, 11) is 0. The van der Waals surface area contributed by atoms with Gasteiger partial charge < -0.3 is 5.73 Å². The monoisotopic (exact) mass is 217 g/mol. The predicted octanol–water partition coefficient (Wildman–Crippen LogP) is 2.15. The van der Waals surface area contributed by atoms with Gasteiger partial charge in [0.25, 0.3) is 0 Å². The molecule has 5 heteroatoms. The summed E-state index contributed by atoms with van der Waals surface area (Å²) in [4.78, 5) is 11.5. The molecular formula is C10H10F3NO. The summed E-state index contributed by atoms with van der Waals surface area (Å²) in [6.45, 7) is 0.669. The molecule has 0 aliphatic heterocycles. The molecule has 0 radical (unpaired) electrons.